The standard InChI is InChI=1S/C18H24BrClN2O/c19-17-5-4-15(20)11-14(17)3-6-18(23)22-9-7-16(8-10-22)21-12-13-1-2-13/h4-5,11,13,16,21H,1-3,6-10,12H2. The Morgan fingerprint density at radius 3 is 2.70 bits per heavy atom. The summed E-state index contributed by atoms with van der Waals surface area (Å²) < 4.78 is 1.03. The molecule has 1 aliphatic carbocycles. The second-order valence-corrected chi connectivity index (χ2v) is 8.03. The summed E-state index contributed by atoms with van der Waals surface area (Å²) in [5.41, 5.74) is 1.10. The third-order valence-corrected chi connectivity index (χ3v) is 5.86. The summed E-state index contributed by atoms with van der Waals surface area (Å²) in [7, 11) is 0. The molecule has 1 aromatic carbocycles. The summed E-state index contributed by atoms with van der Waals surface area (Å²) in [5.74, 6) is 1.18. The van der Waals surface area contributed by atoms with Gasteiger partial charge in [-0.2, -0.15) is 0 Å². The van der Waals surface area contributed by atoms with Crippen molar-refractivity contribution in [2.24, 2.45) is 5.92 Å². The van der Waals surface area contributed by atoms with Gasteiger partial charge in [-0.15, -0.1) is 0 Å². The molecule has 0 bridgehead atoms. The summed E-state index contributed by atoms with van der Waals surface area (Å²) in [6, 6.07) is 6.34. The first-order valence-electron chi connectivity index (χ1n) is 8.57. The minimum atomic E-state index is 0.262. The molecule has 5 heteroatoms. The van der Waals surface area contributed by atoms with Crippen molar-refractivity contribution in [2.75, 3.05) is 19.6 Å². The van der Waals surface area contributed by atoms with Crippen molar-refractivity contribution in [3.05, 3.63) is 33.3 Å². The van der Waals surface area contributed by atoms with Crippen LogP contribution in [0.1, 0.15) is 37.7 Å². The summed E-state index contributed by atoms with van der Waals surface area (Å²) in [4.78, 5) is 14.4. The SMILES string of the molecule is O=C(CCc1cc(Cl)ccc1Br)N1CCC(NCC2CC2)CC1. The lowest BCUT2D eigenvalue weighted by Crippen LogP contribution is -2.45. The molecule has 1 heterocycles. The Hall–Kier alpha value is -0.580. The zero-order chi connectivity index (χ0) is 16.2. The third-order valence-electron chi connectivity index (χ3n) is 4.86. The Kier molecular flexibility index (Phi) is 6.00. The molecule has 1 amide bonds. The number of likely N-dealkylation sites (tertiary alicyclic amines) is 1. The number of rotatable bonds is 6. The van der Waals surface area contributed by atoms with Crippen LogP contribution >= 0.6 is 27.5 Å². The highest BCUT2D eigenvalue weighted by Gasteiger charge is 2.25. The molecule has 126 valence electrons. The molecule has 1 N–H and O–H groups in total. The lowest BCUT2D eigenvalue weighted by molar-refractivity contribution is -0.132. The molecule has 2 aliphatic rings. The van der Waals surface area contributed by atoms with E-state index in [1.165, 1.54) is 19.4 Å². The number of benzene rings is 1. The lowest BCUT2D eigenvalue weighted by atomic mass is 10.0. The molecule has 1 saturated heterocycles. The van der Waals surface area contributed by atoms with Gasteiger partial charge in [-0.3, -0.25) is 4.79 Å². The van der Waals surface area contributed by atoms with Crippen LogP contribution < -0.4 is 5.32 Å². The van der Waals surface area contributed by atoms with Crippen molar-refractivity contribution in [3.8, 4) is 0 Å². The first-order valence-corrected chi connectivity index (χ1v) is 9.74. The number of hydrogen-bond donors (Lipinski definition) is 1. The number of nitrogens with zero attached hydrogens (tertiary/aromatic N) is 1. The zero-order valence-corrected chi connectivity index (χ0v) is 15.7. The van der Waals surface area contributed by atoms with Crippen LogP contribution in [0.5, 0.6) is 0 Å². The molecule has 1 aliphatic heterocycles. The quantitative estimate of drug-likeness (QED) is 0.783. The van der Waals surface area contributed by atoms with Gasteiger partial charge in [0.1, 0.15) is 0 Å². The van der Waals surface area contributed by atoms with E-state index in [0.29, 0.717) is 12.5 Å². The predicted molar refractivity (Wildman–Crippen MR) is 97.8 cm³/mol. The van der Waals surface area contributed by atoms with Gasteiger partial charge in [-0.1, -0.05) is 27.5 Å². The third kappa shape index (κ3) is 5.20. The number of piperidine rings is 1. The first-order chi connectivity index (χ1) is 11.1. The van der Waals surface area contributed by atoms with Gasteiger partial charge < -0.3 is 10.2 Å². The minimum Gasteiger partial charge on any atom is -0.343 e. The average Bonchev–Trinajstić information content (AvgIpc) is 3.38. The van der Waals surface area contributed by atoms with Crippen LogP contribution in [0.3, 0.4) is 0 Å². The topological polar surface area (TPSA) is 32.3 Å². The summed E-state index contributed by atoms with van der Waals surface area (Å²) in [5, 5.41) is 4.38. The molecule has 3 nitrogen and oxygen atoms in total. The summed E-state index contributed by atoms with van der Waals surface area (Å²) >= 11 is 9.56. The predicted octanol–water partition coefficient (Wildman–Crippen LogP) is 4.03. The van der Waals surface area contributed by atoms with Gasteiger partial charge in [0.15, 0.2) is 0 Å². The van der Waals surface area contributed by atoms with E-state index in [4.69, 9.17) is 11.6 Å². The number of halogens is 2. The minimum absolute atomic E-state index is 0.262. The Labute approximate surface area is 151 Å². The average molecular weight is 400 g/mol. The van der Waals surface area contributed by atoms with Crippen LogP contribution in [0.2, 0.25) is 5.02 Å². The second kappa shape index (κ2) is 8.00. The molecule has 3 rings (SSSR count). The van der Waals surface area contributed by atoms with E-state index < -0.39 is 0 Å². The van der Waals surface area contributed by atoms with Gasteiger partial charge >= 0.3 is 0 Å². The highest BCUT2D eigenvalue weighted by Crippen LogP contribution is 2.28. The highest BCUT2D eigenvalue weighted by atomic mass is 79.9. The fraction of sp³-hybridized carbons (Fsp3) is 0.611. The largest absolute Gasteiger partial charge is 0.343 e. The van der Waals surface area contributed by atoms with Crippen LogP contribution in [0, 0.1) is 5.92 Å². The van der Waals surface area contributed by atoms with Crippen LogP contribution in [-0.4, -0.2) is 36.5 Å². The summed E-state index contributed by atoms with van der Waals surface area (Å²) in [6.45, 7) is 2.94. The molecule has 0 atom stereocenters. The van der Waals surface area contributed by atoms with Gasteiger partial charge in [0, 0.05) is 35.0 Å². The van der Waals surface area contributed by atoms with Crippen molar-refractivity contribution >= 4 is 33.4 Å². The maximum absolute atomic E-state index is 12.4. The Morgan fingerprint density at radius 1 is 1.26 bits per heavy atom. The van der Waals surface area contributed by atoms with E-state index in [0.717, 1.165) is 53.3 Å². The van der Waals surface area contributed by atoms with E-state index >= 15 is 0 Å². The number of hydrogen-bond acceptors (Lipinski definition) is 2. The molecule has 23 heavy (non-hydrogen) atoms. The Balaban J connectivity index is 1.41. The number of carbonyl (C=O) groups excluding carboxylic acids is 1. The molecule has 2 fully saturated rings. The summed E-state index contributed by atoms with van der Waals surface area (Å²) in [6.07, 6.45) is 6.24. The molecular formula is C18H24BrClN2O. The van der Waals surface area contributed by atoms with Gasteiger partial charge in [-0.05, 0) is 68.3 Å². The van der Waals surface area contributed by atoms with E-state index in [-0.39, 0.29) is 5.91 Å². The van der Waals surface area contributed by atoms with Crippen molar-refractivity contribution in [3.63, 3.8) is 0 Å². The lowest BCUT2D eigenvalue weighted by Gasteiger charge is -2.32. The van der Waals surface area contributed by atoms with Gasteiger partial charge in [0.25, 0.3) is 0 Å². The highest BCUT2D eigenvalue weighted by molar-refractivity contribution is 9.10. The number of nitrogens with one attached hydrogen (secondary N) is 1. The van der Waals surface area contributed by atoms with E-state index in [9.17, 15) is 4.79 Å². The van der Waals surface area contributed by atoms with Crippen molar-refractivity contribution in [1.82, 2.24) is 10.2 Å². The molecule has 0 radical (unpaired) electrons. The first kappa shape index (κ1) is 17.2. The molecule has 0 spiro atoms. The monoisotopic (exact) mass is 398 g/mol. The second-order valence-electron chi connectivity index (χ2n) is 6.74. The fourth-order valence-corrected chi connectivity index (χ4v) is 3.76. The molecule has 1 saturated carbocycles. The molecule has 1 aromatic rings. The van der Waals surface area contributed by atoms with E-state index in [1.807, 2.05) is 23.1 Å². The Bertz CT molecular complexity index is 554. The van der Waals surface area contributed by atoms with Crippen LogP contribution in [0.25, 0.3) is 0 Å². The zero-order valence-electron chi connectivity index (χ0n) is 13.4. The van der Waals surface area contributed by atoms with Crippen LogP contribution in [0.15, 0.2) is 22.7 Å². The number of carbonyl (C=O) groups is 1. The van der Waals surface area contributed by atoms with Gasteiger partial charge in [0.2, 0.25) is 5.91 Å². The normalized spacial score (nSPS) is 19.1. The van der Waals surface area contributed by atoms with E-state index in [1.54, 1.807) is 0 Å². The number of aryl methyl sites for hydroxylation is 1. The van der Waals surface area contributed by atoms with E-state index in [2.05, 4.69) is 21.2 Å². The van der Waals surface area contributed by atoms with Crippen LogP contribution in [0.4, 0.5) is 0 Å². The smallest absolute Gasteiger partial charge is 0.222 e. The van der Waals surface area contributed by atoms with Gasteiger partial charge in [0.05, 0.1) is 0 Å². The molecular weight excluding hydrogens is 376 g/mol. The fourth-order valence-electron chi connectivity index (χ4n) is 3.12. The van der Waals surface area contributed by atoms with Gasteiger partial charge in [-0.25, -0.2) is 0 Å². The van der Waals surface area contributed by atoms with Crippen molar-refractivity contribution in [2.45, 2.75) is 44.6 Å². The van der Waals surface area contributed by atoms with Crippen molar-refractivity contribution < 1.29 is 4.79 Å². The molecule has 0 aromatic heterocycles. The molecule has 0 unspecified atom stereocenters. The maximum Gasteiger partial charge on any atom is 0.222 e. The number of amides is 1. The van der Waals surface area contributed by atoms with Crippen LogP contribution in [-0.2, 0) is 11.2 Å². The maximum atomic E-state index is 12.4. The van der Waals surface area contributed by atoms with Crippen molar-refractivity contribution in [1.29, 1.82) is 0 Å². The Morgan fingerprint density at radius 2 is 2.00 bits per heavy atom.